The van der Waals surface area contributed by atoms with Crippen LogP contribution >= 0.6 is 0 Å². The van der Waals surface area contributed by atoms with Gasteiger partial charge in [0.1, 0.15) is 0 Å². The zero-order valence-corrected chi connectivity index (χ0v) is 13.9. The van der Waals surface area contributed by atoms with E-state index in [0.29, 0.717) is 31.8 Å². The Morgan fingerprint density at radius 2 is 1.95 bits per heavy atom. The van der Waals surface area contributed by atoms with Crippen LogP contribution in [0.5, 0.6) is 0 Å². The molecule has 1 saturated carbocycles. The highest BCUT2D eigenvalue weighted by molar-refractivity contribution is 7.92. The number of nitrogens with zero attached hydrogens (tertiary/aromatic N) is 1. The van der Waals surface area contributed by atoms with E-state index in [9.17, 15) is 13.7 Å². The van der Waals surface area contributed by atoms with Crippen LogP contribution in [0.4, 0.5) is 0 Å². The van der Waals surface area contributed by atoms with Gasteiger partial charge in [0.05, 0.1) is 23.0 Å². The van der Waals surface area contributed by atoms with Crippen LogP contribution in [0.1, 0.15) is 46.5 Å². The zero-order valence-electron chi connectivity index (χ0n) is 13.1. The Balaban J connectivity index is 2.84. The van der Waals surface area contributed by atoms with Crippen molar-refractivity contribution in [3.8, 4) is 6.07 Å². The molecule has 1 rings (SSSR count). The van der Waals surface area contributed by atoms with E-state index in [0.717, 1.165) is 6.42 Å². The van der Waals surface area contributed by atoms with Crippen LogP contribution in [0.3, 0.4) is 0 Å². The molecule has 0 spiro atoms. The second-order valence-electron chi connectivity index (χ2n) is 6.86. The average molecular weight is 301 g/mol. The largest absolute Gasteiger partial charge is 0.385 e. The molecule has 116 valence electrons. The molecule has 0 heterocycles. The maximum atomic E-state index is 12.5. The van der Waals surface area contributed by atoms with E-state index in [1.807, 2.05) is 0 Å². The Labute approximate surface area is 123 Å². The molecule has 0 aromatic rings. The van der Waals surface area contributed by atoms with Crippen LogP contribution in [0, 0.1) is 28.6 Å². The maximum Gasteiger partial charge on any atom is 0.154 e. The van der Waals surface area contributed by atoms with Crippen LogP contribution in [0.15, 0.2) is 0 Å². The molecular formula is C15H27NO3S. The van der Waals surface area contributed by atoms with Crippen LogP contribution in [0.2, 0.25) is 0 Å². The second-order valence-corrected chi connectivity index (χ2v) is 9.20. The fourth-order valence-corrected chi connectivity index (χ4v) is 5.06. The molecule has 0 bridgehead atoms. The number of sulfone groups is 1. The molecule has 0 saturated heterocycles. The molecule has 1 aliphatic carbocycles. The summed E-state index contributed by atoms with van der Waals surface area (Å²) in [6, 6.07) is 2.21. The SMILES string of the molecule is COCCCS(=O)(=O)C1CC(C(C)(C)C)CCC1C#N. The first-order valence-electron chi connectivity index (χ1n) is 7.32. The Hall–Kier alpha value is -0.600. The summed E-state index contributed by atoms with van der Waals surface area (Å²) in [5.41, 5.74) is 0.0979. The summed E-state index contributed by atoms with van der Waals surface area (Å²) in [5.74, 6) is 0.149. The molecule has 20 heavy (non-hydrogen) atoms. The van der Waals surface area contributed by atoms with Gasteiger partial charge in [-0.15, -0.1) is 0 Å². The first-order chi connectivity index (χ1) is 9.22. The highest BCUT2D eigenvalue weighted by Gasteiger charge is 2.41. The lowest BCUT2D eigenvalue weighted by atomic mass is 9.70. The van der Waals surface area contributed by atoms with Crippen molar-refractivity contribution in [2.75, 3.05) is 19.5 Å². The molecule has 1 aliphatic rings. The van der Waals surface area contributed by atoms with Gasteiger partial charge in [-0.05, 0) is 37.0 Å². The van der Waals surface area contributed by atoms with Gasteiger partial charge in [0.25, 0.3) is 0 Å². The predicted molar refractivity (Wildman–Crippen MR) is 80.0 cm³/mol. The topological polar surface area (TPSA) is 67.2 Å². The highest BCUT2D eigenvalue weighted by atomic mass is 32.2. The minimum absolute atomic E-state index is 0.0979. The van der Waals surface area contributed by atoms with E-state index in [-0.39, 0.29) is 17.1 Å². The third-order valence-corrected chi connectivity index (χ3v) is 6.72. The van der Waals surface area contributed by atoms with Gasteiger partial charge in [-0.3, -0.25) is 0 Å². The van der Waals surface area contributed by atoms with Crippen molar-refractivity contribution in [3.05, 3.63) is 0 Å². The molecular weight excluding hydrogens is 274 g/mol. The number of rotatable bonds is 5. The van der Waals surface area contributed by atoms with Crippen molar-refractivity contribution in [2.45, 2.75) is 51.7 Å². The Kier molecular flexibility index (Phi) is 6.03. The third kappa shape index (κ3) is 4.46. The number of hydrogen-bond acceptors (Lipinski definition) is 4. The molecule has 0 N–H and O–H groups in total. The van der Waals surface area contributed by atoms with Crippen LogP contribution in [-0.4, -0.2) is 33.1 Å². The normalized spacial score (nSPS) is 28.1. The quantitative estimate of drug-likeness (QED) is 0.732. The van der Waals surface area contributed by atoms with Gasteiger partial charge in [0, 0.05) is 13.7 Å². The number of nitriles is 1. The van der Waals surface area contributed by atoms with Gasteiger partial charge in [-0.2, -0.15) is 5.26 Å². The van der Waals surface area contributed by atoms with E-state index in [2.05, 4.69) is 26.8 Å². The third-order valence-electron chi connectivity index (χ3n) is 4.42. The fourth-order valence-electron chi connectivity index (χ4n) is 3.02. The Morgan fingerprint density at radius 3 is 2.45 bits per heavy atom. The van der Waals surface area contributed by atoms with Gasteiger partial charge in [-0.1, -0.05) is 20.8 Å². The number of ether oxygens (including phenoxy) is 1. The summed E-state index contributed by atoms with van der Waals surface area (Å²) >= 11 is 0. The van der Waals surface area contributed by atoms with Crippen molar-refractivity contribution in [1.29, 1.82) is 5.26 Å². The van der Waals surface area contributed by atoms with E-state index >= 15 is 0 Å². The van der Waals surface area contributed by atoms with Crippen LogP contribution in [0.25, 0.3) is 0 Å². The molecule has 1 fully saturated rings. The van der Waals surface area contributed by atoms with Crippen LogP contribution in [-0.2, 0) is 14.6 Å². The summed E-state index contributed by atoms with van der Waals surface area (Å²) < 4.78 is 29.9. The van der Waals surface area contributed by atoms with Crippen molar-refractivity contribution < 1.29 is 13.2 Å². The number of hydrogen-bond donors (Lipinski definition) is 0. The molecule has 0 aliphatic heterocycles. The summed E-state index contributed by atoms with van der Waals surface area (Å²) in [4.78, 5) is 0. The van der Waals surface area contributed by atoms with Gasteiger partial charge < -0.3 is 4.74 Å². The van der Waals surface area contributed by atoms with Crippen molar-refractivity contribution in [1.82, 2.24) is 0 Å². The van der Waals surface area contributed by atoms with Crippen LogP contribution < -0.4 is 0 Å². The van der Waals surface area contributed by atoms with E-state index < -0.39 is 15.1 Å². The molecule has 0 radical (unpaired) electrons. The van der Waals surface area contributed by atoms with E-state index in [1.165, 1.54) is 0 Å². The monoisotopic (exact) mass is 301 g/mol. The predicted octanol–water partition coefficient (Wildman–Crippen LogP) is 2.79. The van der Waals surface area contributed by atoms with E-state index in [1.54, 1.807) is 7.11 Å². The smallest absolute Gasteiger partial charge is 0.154 e. The van der Waals surface area contributed by atoms with Gasteiger partial charge >= 0.3 is 0 Å². The van der Waals surface area contributed by atoms with Gasteiger partial charge in [0.15, 0.2) is 9.84 Å². The zero-order chi connectivity index (χ0) is 15.4. The van der Waals surface area contributed by atoms with E-state index in [4.69, 9.17) is 4.74 Å². The summed E-state index contributed by atoms with van der Waals surface area (Å²) in [7, 11) is -1.64. The van der Waals surface area contributed by atoms with Gasteiger partial charge in [-0.25, -0.2) is 8.42 Å². The molecule has 0 aromatic carbocycles. The Morgan fingerprint density at radius 1 is 1.30 bits per heavy atom. The highest BCUT2D eigenvalue weighted by Crippen LogP contribution is 2.42. The van der Waals surface area contributed by atoms with Crippen molar-refractivity contribution in [2.24, 2.45) is 17.3 Å². The lowest BCUT2D eigenvalue weighted by Gasteiger charge is -2.39. The lowest BCUT2D eigenvalue weighted by Crippen LogP contribution is -2.40. The van der Waals surface area contributed by atoms with Crippen molar-refractivity contribution >= 4 is 9.84 Å². The first-order valence-corrected chi connectivity index (χ1v) is 9.04. The minimum atomic E-state index is -3.21. The number of methoxy groups -OCH3 is 1. The summed E-state index contributed by atoms with van der Waals surface area (Å²) in [6.07, 6.45) is 2.78. The van der Waals surface area contributed by atoms with Gasteiger partial charge in [0.2, 0.25) is 0 Å². The molecule has 0 amide bonds. The molecule has 0 aromatic heterocycles. The average Bonchev–Trinajstić information content (AvgIpc) is 2.37. The minimum Gasteiger partial charge on any atom is -0.385 e. The molecule has 3 atom stereocenters. The van der Waals surface area contributed by atoms with Crippen molar-refractivity contribution in [3.63, 3.8) is 0 Å². The standard InChI is InChI=1S/C15H27NO3S/c1-15(2,3)13-7-6-12(11-16)14(10-13)20(17,18)9-5-8-19-4/h12-14H,5-10H2,1-4H3. The lowest BCUT2D eigenvalue weighted by molar-refractivity contribution is 0.166. The first kappa shape index (κ1) is 17.5. The molecule has 5 heteroatoms. The maximum absolute atomic E-state index is 12.5. The Bertz CT molecular complexity index is 445. The summed E-state index contributed by atoms with van der Waals surface area (Å²) in [5, 5.41) is 8.75. The summed E-state index contributed by atoms with van der Waals surface area (Å²) in [6.45, 7) is 6.91. The second kappa shape index (κ2) is 6.91. The molecule has 4 nitrogen and oxygen atoms in total. The fraction of sp³-hybridized carbons (Fsp3) is 0.933. The molecule has 3 unspecified atom stereocenters.